The molecule has 0 aliphatic heterocycles. The zero-order valence-corrected chi connectivity index (χ0v) is 14.9. The molecule has 124 valence electrons. The number of hydrogen-bond acceptors (Lipinski definition) is 2. The van der Waals surface area contributed by atoms with Crippen molar-refractivity contribution in [3.05, 3.63) is 72.3 Å². The summed E-state index contributed by atoms with van der Waals surface area (Å²) >= 11 is 0. The molecule has 23 heavy (non-hydrogen) atoms. The first kappa shape index (κ1) is 20.6. The van der Waals surface area contributed by atoms with Crippen molar-refractivity contribution in [3.8, 4) is 11.8 Å². The molecule has 0 aromatic carbocycles. The maximum atomic E-state index is 9.23. The zero-order chi connectivity index (χ0) is 17.9. The second-order valence-corrected chi connectivity index (χ2v) is 5.80. The van der Waals surface area contributed by atoms with Crippen molar-refractivity contribution >= 4 is 0 Å². The van der Waals surface area contributed by atoms with Crippen molar-refractivity contribution < 1.29 is 9.84 Å². The molecule has 0 atom stereocenters. The van der Waals surface area contributed by atoms with Gasteiger partial charge in [0.15, 0.2) is 0 Å². The van der Waals surface area contributed by atoms with Crippen LogP contribution in [0.4, 0.5) is 0 Å². The standard InChI is InChI=1S/C21H28O2/c1-8-15-21(6,7)16-23-20(10-3)14-11-17(4)19(9-2)13-12-18(5)22/h9-14,22H,2-3,16H2,1,4-7H3/b17-11+,18-12+,19-13+,20-14+. The van der Waals surface area contributed by atoms with E-state index in [1.165, 1.54) is 0 Å². The van der Waals surface area contributed by atoms with Crippen LogP contribution in [0.3, 0.4) is 0 Å². The Morgan fingerprint density at radius 1 is 1.09 bits per heavy atom. The monoisotopic (exact) mass is 312 g/mol. The molecule has 0 aromatic rings. The summed E-state index contributed by atoms with van der Waals surface area (Å²) in [5.74, 6) is 6.97. The van der Waals surface area contributed by atoms with E-state index in [9.17, 15) is 5.11 Å². The van der Waals surface area contributed by atoms with Gasteiger partial charge >= 0.3 is 0 Å². The Balaban J connectivity index is 5.13. The molecule has 2 heteroatoms. The average molecular weight is 312 g/mol. The number of hydrogen-bond donors (Lipinski definition) is 1. The lowest BCUT2D eigenvalue weighted by atomic mass is 9.96. The largest absolute Gasteiger partial charge is 0.513 e. The van der Waals surface area contributed by atoms with E-state index in [0.717, 1.165) is 11.1 Å². The smallest absolute Gasteiger partial charge is 0.118 e. The van der Waals surface area contributed by atoms with Crippen molar-refractivity contribution in [2.75, 3.05) is 6.61 Å². The van der Waals surface area contributed by atoms with Crippen LogP contribution in [-0.4, -0.2) is 11.7 Å². The summed E-state index contributed by atoms with van der Waals surface area (Å²) < 4.78 is 5.77. The van der Waals surface area contributed by atoms with E-state index in [1.807, 2.05) is 45.9 Å². The molecule has 0 aliphatic rings. The molecular weight excluding hydrogens is 284 g/mol. The highest BCUT2D eigenvalue weighted by molar-refractivity contribution is 5.42. The first-order valence-corrected chi connectivity index (χ1v) is 7.54. The highest BCUT2D eigenvalue weighted by Gasteiger charge is 2.15. The molecule has 1 N–H and O–H groups in total. The van der Waals surface area contributed by atoms with E-state index in [0.29, 0.717) is 12.4 Å². The van der Waals surface area contributed by atoms with E-state index in [1.54, 1.807) is 25.2 Å². The van der Waals surface area contributed by atoms with Crippen LogP contribution in [0.1, 0.15) is 34.6 Å². The third-order valence-electron chi connectivity index (χ3n) is 2.94. The first-order valence-electron chi connectivity index (χ1n) is 7.54. The normalized spacial score (nSPS) is 14.0. The van der Waals surface area contributed by atoms with Gasteiger partial charge in [0.25, 0.3) is 0 Å². The molecule has 2 nitrogen and oxygen atoms in total. The fourth-order valence-corrected chi connectivity index (χ4v) is 1.69. The summed E-state index contributed by atoms with van der Waals surface area (Å²) in [6.45, 7) is 17.5. The van der Waals surface area contributed by atoms with Gasteiger partial charge < -0.3 is 9.84 Å². The molecule has 0 rings (SSSR count). The highest BCUT2D eigenvalue weighted by atomic mass is 16.5. The number of rotatable bonds is 8. The Hall–Kier alpha value is -2.40. The molecule has 0 saturated heterocycles. The number of ether oxygens (including phenoxy) is 1. The van der Waals surface area contributed by atoms with Crippen LogP contribution in [0.25, 0.3) is 0 Å². The van der Waals surface area contributed by atoms with Crippen LogP contribution in [0.5, 0.6) is 0 Å². The lowest BCUT2D eigenvalue weighted by Gasteiger charge is -2.18. The minimum absolute atomic E-state index is 0.203. The highest BCUT2D eigenvalue weighted by Crippen LogP contribution is 2.17. The van der Waals surface area contributed by atoms with Crippen LogP contribution < -0.4 is 0 Å². The van der Waals surface area contributed by atoms with Crippen LogP contribution in [0, 0.1) is 17.3 Å². The van der Waals surface area contributed by atoms with Crippen LogP contribution in [-0.2, 0) is 4.74 Å². The van der Waals surface area contributed by atoms with Gasteiger partial charge in [0.2, 0.25) is 0 Å². The average Bonchev–Trinajstić information content (AvgIpc) is 2.47. The molecule has 0 bridgehead atoms. The number of aliphatic hydroxyl groups is 1. The summed E-state index contributed by atoms with van der Waals surface area (Å²) in [6.07, 6.45) is 10.7. The topological polar surface area (TPSA) is 29.5 Å². The van der Waals surface area contributed by atoms with E-state index in [-0.39, 0.29) is 11.2 Å². The lowest BCUT2D eigenvalue weighted by Crippen LogP contribution is -2.16. The fraction of sp³-hybridized carbons (Fsp3) is 0.333. The third-order valence-corrected chi connectivity index (χ3v) is 2.94. The Kier molecular flexibility index (Phi) is 9.27. The van der Waals surface area contributed by atoms with Gasteiger partial charge in [-0.3, -0.25) is 0 Å². The zero-order valence-electron chi connectivity index (χ0n) is 14.9. The quantitative estimate of drug-likeness (QED) is 0.357. The Morgan fingerprint density at radius 2 is 1.74 bits per heavy atom. The van der Waals surface area contributed by atoms with E-state index < -0.39 is 0 Å². The Bertz CT molecular complexity index is 595. The summed E-state index contributed by atoms with van der Waals surface area (Å²) in [5, 5.41) is 9.23. The second-order valence-electron chi connectivity index (χ2n) is 5.80. The Morgan fingerprint density at radius 3 is 2.22 bits per heavy atom. The van der Waals surface area contributed by atoms with Gasteiger partial charge in [-0.05, 0) is 64.0 Å². The van der Waals surface area contributed by atoms with E-state index >= 15 is 0 Å². The fourth-order valence-electron chi connectivity index (χ4n) is 1.69. The van der Waals surface area contributed by atoms with Crippen molar-refractivity contribution in [2.24, 2.45) is 5.41 Å². The Labute approximate surface area is 141 Å². The first-order chi connectivity index (χ1) is 10.8. The predicted octanol–water partition coefficient (Wildman–Crippen LogP) is 5.64. The van der Waals surface area contributed by atoms with Gasteiger partial charge in [-0.15, -0.1) is 5.92 Å². The van der Waals surface area contributed by atoms with Gasteiger partial charge in [0, 0.05) is 0 Å². The molecule has 0 unspecified atom stereocenters. The second kappa shape index (κ2) is 10.3. The van der Waals surface area contributed by atoms with Gasteiger partial charge in [0.1, 0.15) is 12.4 Å². The van der Waals surface area contributed by atoms with Gasteiger partial charge in [-0.25, -0.2) is 0 Å². The number of allylic oxidation sites excluding steroid dienone is 9. The van der Waals surface area contributed by atoms with Crippen molar-refractivity contribution in [1.82, 2.24) is 0 Å². The molecule has 0 saturated carbocycles. The van der Waals surface area contributed by atoms with Crippen molar-refractivity contribution in [1.29, 1.82) is 0 Å². The lowest BCUT2D eigenvalue weighted by molar-refractivity contribution is 0.158. The van der Waals surface area contributed by atoms with Crippen molar-refractivity contribution in [2.45, 2.75) is 34.6 Å². The van der Waals surface area contributed by atoms with Gasteiger partial charge in [0.05, 0.1) is 11.2 Å². The minimum atomic E-state index is -0.203. The molecule has 0 fully saturated rings. The molecular formula is C21H28O2. The molecule has 0 heterocycles. The number of aliphatic hydroxyl groups excluding tert-OH is 1. The van der Waals surface area contributed by atoms with E-state index in [2.05, 4.69) is 25.0 Å². The minimum Gasteiger partial charge on any atom is -0.513 e. The maximum Gasteiger partial charge on any atom is 0.118 e. The van der Waals surface area contributed by atoms with Gasteiger partial charge in [-0.2, -0.15) is 0 Å². The predicted molar refractivity (Wildman–Crippen MR) is 99.9 cm³/mol. The van der Waals surface area contributed by atoms with E-state index in [4.69, 9.17) is 4.74 Å². The van der Waals surface area contributed by atoms with Gasteiger partial charge in [-0.1, -0.05) is 37.3 Å². The SMILES string of the molecule is C=C\C(=C/C=C(C)/C(C=C)=C/C=C(\C)O)OCC(C)(C)C#CC. The summed E-state index contributed by atoms with van der Waals surface area (Å²) in [7, 11) is 0. The van der Waals surface area contributed by atoms with Crippen molar-refractivity contribution in [3.63, 3.8) is 0 Å². The summed E-state index contributed by atoms with van der Waals surface area (Å²) in [4.78, 5) is 0. The molecule has 0 spiro atoms. The molecule has 0 aromatic heterocycles. The third kappa shape index (κ3) is 9.26. The molecule has 0 radical (unpaired) electrons. The summed E-state index contributed by atoms with van der Waals surface area (Å²) in [6, 6.07) is 0. The van der Waals surface area contributed by atoms with Crippen LogP contribution >= 0.6 is 0 Å². The van der Waals surface area contributed by atoms with Crippen LogP contribution in [0.15, 0.2) is 72.3 Å². The molecule has 0 aliphatic carbocycles. The molecule has 0 amide bonds. The maximum absolute atomic E-state index is 9.23. The van der Waals surface area contributed by atoms with Crippen LogP contribution in [0.2, 0.25) is 0 Å². The summed E-state index contributed by atoms with van der Waals surface area (Å²) in [5.41, 5.74) is 1.73.